The highest BCUT2D eigenvalue weighted by Gasteiger charge is 2.31. The van der Waals surface area contributed by atoms with Crippen LogP contribution in [0.15, 0.2) is 17.0 Å². The Morgan fingerprint density at radius 3 is 2.05 bits per heavy atom. The van der Waals surface area contributed by atoms with Gasteiger partial charge in [0.25, 0.3) is 0 Å². The number of hydrogen-bond donors (Lipinski definition) is 1. The zero-order valence-corrected chi connectivity index (χ0v) is 14.6. The topological polar surface area (TPSA) is 72.5 Å². The number of carbonyl (C=O) groups excluding carboxylic acids is 1. The maximum absolute atomic E-state index is 12.4. The summed E-state index contributed by atoms with van der Waals surface area (Å²) in [7, 11) is -2.94. The standard InChI is InChI=1S/C12H14Cl3NO4S/c1-6(2)10(12(17)20-3)16-21(18,19)11-8(14)4-7(13)5-9(11)15/h4-6,10,16H,1-3H3. The molecule has 21 heavy (non-hydrogen) atoms. The Labute approximate surface area is 138 Å². The van der Waals surface area contributed by atoms with Crippen LogP contribution < -0.4 is 4.72 Å². The molecule has 0 radical (unpaired) electrons. The first-order valence-electron chi connectivity index (χ1n) is 5.85. The van der Waals surface area contributed by atoms with Crippen LogP contribution in [0.1, 0.15) is 13.8 Å². The summed E-state index contributed by atoms with van der Waals surface area (Å²) in [6.07, 6.45) is 0. The van der Waals surface area contributed by atoms with Crippen molar-refractivity contribution in [2.45, 2.75) is 24.8 Å². The number of ether oxygens (including phenoxy) is 1. The second-order valence-corrected chi connectivity index (χ2v) is 7.47. The molecule has 1 aromatic carbocycles. The van der Waals surface area contributed by atoms with Crippen molar-refractivity contribution in [1.29, 1.82) is 0 Å². The van der Waals surface area contributed by atoms with Gasteiger partial charge in [0, 0.05) is 5.02 Å². The number of sulfonamides is 1. The number of benzene rings is 1. The van der Waals surface area contributed by atoms with Crippen LogP contribution in [0.4, 0.5) is 0 Å². The van der Waals surface area contributed by atoms with Crippen LogP contribution in [0, 0.1) is 5.92 Å². The third kappa shape index (κ3) is 4.47. The maximum atomic E-state index is 12.4. The monoisotopic (exact) mass is 373 g/mol. The van der Waals surface area contributed by atoms with Crippen molar-refractivity contribution < 1.29 is 17.9 Å². The van der Waals surface area contributed by atoms with E-state index in [1.165, 1.54) is 19.2 Å². The molecule has 118 valence electrons. The van der Waals surface area contributed by atoms with E-state index in [1.807, 2.05) is 0 Å². The summed E-state index contributed by atoms with van der Waals surface area (Å²) >= 11 is 17.5. The molecule has 9 heteroatoms. The number of methoxy groups -OCH3 is 1. The molecule has 0 aliphatic rings. The van der Waals surface area contributed by atoms with Crippen LogP contribution in [-0.4, -0.2) is 27.5 Å². The molecule has 0 aromatic heterocycles. The van der Waals surface area contributed by atoms with Gasteiger partial charge in [0.15, 0.2) is 0 Å². The second kappa shape index (κ2) is 7.15. The van der Waals surface area contributed by atoms with Crippen molar-refractivity contribution in [2.24, 2.45) is 5.92 Å². The van der Waals surface area contributed by atoms with Gasteiger partial charge >= 0.3 is 5.97 Å². The van der Waals surface area contributed by atoms with Gasteiger partial charge in [0.1, 0.15) is 10.9 Å². The molecule has 1 unspecified atom stereocenters. The molecule has 1 N–H and O–H groups in total. The van der Waals surface area contributed by atoms with E-state index < -0.39 is 22.0 Å². The van der Waals surface area contributed by atoms with Crippen molar-refractivity contribution in [1.82, 2.24) is 4.72 Å². The van der Waals surface area contributed by atoms with Crippen LogP contribution in [0.2, 0.25) is 15.1 Å². The maximum Gasteiger partial charge on any atom is 0.324 e. The molecule has 0 amide bonds. The highest BCUT2D eigenvalue weighted by Crippen LogP contribution is 2.32. The van der Waals surface area contributed by atoms with Gasteiger partial charge in [0.2, 0.25) is 10.0 Å². The van der Waals surface area contributed by atoms with Crippen molar-refractivity contribution in [2.75, 3.05) is 7.11 Å². The lowest BCUT2D eigenvalue weighted by Gasteiger charge is -2.20. The lowest BCUT2D eigenvalue weighted by molar-refractivity contribution is -0.143. The number of esters is 1. The first-order valence-corrected chi connectivity index (χ1v) is 8.46. The number of nitrogens with one attached hydrogen (secondary N) is 1. The van der Waals surface area contributed by atoms with Gasteiger partial charge in [-0.15, -0.1) is 0 Å². The average molecular weight is 375 g/mol. The smallest absolute Gasteiger partial charge is 0.324 e. The summed E-state index contributed by atoms with van der Waals surface area (Å²) in [5.74, 6) is -1.02. The summed E-state index contributed by atoms with van der Waals surface area (Å²) in [5.41, 5.74) is 0. The van der Waals surface area contributed by atoms with Crippen LogP contribution >= 0.6 is 34.8 Å². The number of hydrogen-bond acceptors (Lipinski definition) is 4. The van der Waals surface area contributed by atoms with Crippen molar-refractivity contribution in [3.05, 3.63) is 27.2 Å². The molecule has 1 rings (SSSR count). The second-order valence-electron chi connectivity index (χ2n) is 4.56. The molecule has 0 aliphatic carbocycles. The van der Waals surface area contributed by atoms with Gasteiger partial charge in [0.05, 0.1) is 17.2 Å². The Morgan fingerprint density at radius 2 is 1.67 bits per heavy atom. The Balaban J connectivity index is 3.26. The fourth-order valence-corrected chi connectivity index (χ4v) is 4.47. The van der Waals surface area contributed by atoms with Gasteiger partial charge in [-0.3, -0.25) is 4.79 Å². The minimum atomic E-state index is -4.11. The highest BCUT2D eigenvalue weighted by atomic mass is 35.5. The van der Waals surface area contributed by atoms with E-state index in [-0.39, 0.29) is 25.9 Å². The molecule has 5 nitrogen and oxygen atoms in total. The van der Waals surface area contributed by atoms with Crippen molar-refractivity contribution in [3.63, 3.8) is 0 Å². The van der Waals surface area contributed by atoms with Crippen LogP contribution in [0.3, 0.4) is 0 Å². The minimum Gasteiger partial charge on any atom is -0.468 e. The summed E-state index contributed by atoms with van der Waals surface area (Å²) in [4.78, 5) is 11.3. The minimum absolute atomic E-state index is 0.132. The lowest BCUT2D eigenvalue weighted by atomic mass is 10.1. The summed E-state index contributed by atoms with van der Waals surface area (Å²) in [6, 6.07) is 1.46. The third-order valence-corrected chi connectivity index (χ3v) is 5.22. The van der Waals surface area contributed by atoms with Crippen LogP contribution in [0.25, 0.3) is 0 Å². The molecule has 1 aromatic rings. The van der Waals surface area contributed by atoms with E-state index in [0.717, 1.165) is 0 Å². The molecule has 1 atom stereocenters. The van der Waals surface area contributed by atoms with Gasteiger partial charge in [-0.25, -0.2) is 8.42 Å². The molecule has 0 spiro atoms. The first-order chi connectivity index (χ1) is 9.60. The van der Waals surface area contributed by atoms with Crippen molar-refractivity contribution >= 4 is 50.8 Å². The summed E-state index contributed by atoms with van der Waals surface area (Å²) in [5, 5.41) is -0.0583. The quantitative estimate of drug-likeness (QED) is 0.804. The van der Waals surface area contributed by atoms with E-state index in [9.17, 15) is 13.2 Å². The van der Waals surface area contributed by atoms with E-state index in [0.29, 0.717) is 0 Å². The number of halogens is 3. The third-order valence-electron chi connectivity index (χ3n) is 2.64. The van der Waals surface area contributed by atoms with E-state index in [2.05, 4.69) is 9.46 Å². The Morgan fingerprint density at radius 1 is 1.19 bits per heavy atom. The fourth-order valence-electron chi connectivity index (χ4n) is 1.60. The molecule has 0 bridgehead atoms. The predicted molar refractivity (Wildman–Crippen MR) is 82.4 cm³/mol. The molecule has 0 aliphatic heterocycles. The SMILES string of the molecule is COC(=O)C(NS(=O)(=O)c1c(Cl)cc(Cl)cc1Cl)C(C)C. The van der Waals surface area contributed by atoms with E-state index >= 15 is 0 Å². The molecular formula is C12H14Cl3NO4S. The lowest BCUT2D eigenvalue weighted by Crippen LogP contribution is -2.45. The Kier molecular flexibility index (Phi) is 6.31. The molecule has 0 heterocycles. The molecule has 0 saturated carbocycles. The summed E-state index contributed by atoms with van der Waals surface area (Å²) < 4.78 is 31.6. The van der Waals surface area contributed by atoms with Gasteiger partial charge in [-0.2, -0.15) is 4.72 Å². The van der Waals surface area contributed by atoms with Crippen LogP contribution in [-0.2, 0) is 19.6 Å². The fraction of sp³-hybridized carbons (Fsp3) is 0.417. The highest BCUT2D eigenvalue weighted by molar-refractivity contribution is 7.89. The summed E-state index contributed by atoms with van der Waals surface area (Å²) in [6.45, 7) is 3.35. The largest absolute Gasteiger partial charge is 0.468 e. The molecular weight excluding hydrogens is 361 g/mol. The molecule has 0 fully saturated rings. The Hall–Kier alpha value is -0.530. The van der Waals surface area contributed by atoms with E-state index in [1.54, 1.807) is 13.8 Å². The van der Waals surface area contributed by atoms with Gasteiger partial charge in [-0.1, -0.05) is 48.7 Å². The van der Waals surface area contributed by atoms with E-state index in [4.69, 9.17) is 34.8 Å². The Bertz CT molecular complexity index is 623. The normalized spacial score (nSPS) is 13.3. The zero-order chi connectivity index (χ0) is 16.4. The van der Waals surface area contributed by atoms with Crippen LogP contribution in [0.5, 0.6) is 0 Å². The first kappa shape index (κ1) is 18.5. The number of rotatable bonds is 5. The molecule has 0 saturated heterocycles. The van der Waals surface area contributed by atoms with Gasteiger partial charge < -0.3 is 4.74 Å². The number of carbonyl (C=O) groups is 1. The van der Waals surface area contributed by atoms with Crippen molar-refractivity contribution in [3.8, 4) is 0 Å². The predicted octanol–water partition coefficient (Wildman–Crippen LogP) is 3.12. The zero-order valence-electron chi connectivity index (χ0n) is 11.5. The van der Waals surface area contributed by atoms with Gasteiger partial charge in [-0.05, 0) is 18.1 Å². The average Bonchev–Trinajstić information content (AvgIpc) is 2.33.